The molecule has 3 fully saturated rings. The molecule has 2 aliphatic heterocycles. The van der Waals surface area contributed by atoms with Crippen molar-refractivity contribution in [1.82, 2.24) is 15.3 Å². The molecule has 1 aromatic heterocycles. The Hall–Kier alpha value is -3.85. The van der Waals surface area contributed by atoms with E-state index in [-0.39, 0.29) is 23.7 Å². The fourth-order valence-electron chi connectivity index (χ4n) is 5.80. The molecule has 1 N–H and O–H groups in total. The molecule has 1 spiro atoms. The summed E-state index contributed by atoms with van der Waals surface area (Å²) in [5.74, 6) is 2.53. The highest BCUT2D eigenvalue weighted by Gasteiger charge is 2.49. The monoisotopic (exact) mass is 586 g/mol. The fraction of sp³-hybridized carbons (Fsp3) is 0.500. The lowest BCUT2D eigenvalue weighted by Crippen LogP contribution is -2.66. The molecule has 0 unspecified atom stereocenters. The van der Waals surface area contributed by atoms with Crippen LogP contribution in [0.25, 0.3) is 0 Å². The molecule has 1 aliphatic carbocycles. The second-order valence-electron chi connectivity index (χ2n) is 13.7. The van der Waals surface area contributed by atoms with Crippen molar-refractivity contribution in [1.29, 1.82) is 0 Å². The van der Waals surface area contributed by atoms with Gasteiger partial charge >= 0.3 is 6.09 Å². The Balaban J connectivity index is 0.977. The first-order valence-corrected chi connectivity index (χ1v) is 15.1. The Morgan fingerprint density at radius 3 is 2.16 bits per heavy atom. The van der Waals surface area contributed by atoms with Gasteiger partial charge in [0, 0.05) is 37.4 Å². The van der Waals surface area contributed by atoms with E-state index < -0.39 is 5.60 Å². The molecule has 0 bridgehead atoms. The summed E-state index contributed by atoms with van der Waals surface area (Å²) < 4.78 is 22.9. The van der Waals surface area contributed by atoms with Crippen LogP contribution in [0, 0.1) is 5.41 Å². The highest BCUT2D eigenvalue weighted by Crippen LogP contribution is 2.39. The summed E-state index contributed by atoms with van der Waals surface area (Å²) in [5, 5.41) is 2.91. The molecule has 1 amide bonds. The maximum atomic E-state index is 12.0. The van der Waals surface area contributed by atoms with Gasteiger partial charge in [-0.3, -0.25) is 4.98 Å². The van der Waals surface area contributed by atoms with Crippen molar-refractivity contribution >= 4 is 11.9 Å². The quantitative estimate of drug-likeness (QED) is 0.344. The standard InChI is InChI=1S/C34H42N4O5/c1-32(2,3)43-31(39)37-25-14-29(15-25)42-28-12-8-24(9-13-28)33(4,5)23-6-10-27(11-7-23)41-18-26-16-35-17-30(36-26)38-19-34(20-38)21-40-22-34/h6-13,16-17,25,29H,14-15,18-22H2,1-5H3,(H,37,39). The molecule has 0 radical (unpaired) electrons. The van der Waals surface area contributed by atoms with Crippen LogP contribution in [0.2, 0.25) is 0 Å². The summed E-state index contributed by atoms with van der Waals surface area (Å²) in [6.07, 6.45) is 4.84. The summed E-state index contributed by atoms with van der Waals surface area (Å²) in [7, 11) is 0. The van der Waals surface area contributed by atoms with E-state index in [0.717, 1.165) is 62.2 Å². The minimum Gasteiger partial charge on any atom is -0.490 e. The third-order valence-electron chi connectivity index (χ3n) is 8.52. The SMILES string of the molecule is CC(C)(C)OC(=O)NC1CC(Oc2ccc(C(C)(C)c3ccc(OCc4cncc(N5CC6(COC6)C5)n4)cc3)cc2)C1. The zero-order valence-electron chi connectivity index (χ0n) is 25.8. The number of aromatic nitrogens is 2. The van der Waals surface area contributed by atoms with Gasteiger partial charge in [0.2, 0.25) is 0 Å². The summed E-state index contributed by atoms with van der Waals surface area (Å²) in [5.41, 5.74) is 2.84. The van der Waals surface area contributed by atoms with Crippen molar-refractivity contribution in [3.05, 3.63) is 77.7 Å². The summed E-state index contributed by atoms with van der Waals surface area (Å²) in [6, 6.07) is 16.7. The number of anilines is 1. The summed E-state index contributed by atoms with van der Waals surface area (Å²) in [6.45, 7) is 14.0. The second-order valence-corrected chi connectivity index (χ2v) is 13.7. The van der Waals surface area contributed by atoms with E-state index >= 15 is 0 Å². The molecule has 9 heteroatoms. The van der Waals surface area contributed by atoms with Crippen LogP contribution in [0.3, 0.4) is 0 Å². The molecule has 2 saturated heterocycles. The average Bonchev–Trinajstić information content (AvgIpc) is 2.89. The van der Waals surface area contributed by atoms with E-state index in [2.05, 4.69) is 53.3 Å². The van der Waals surface area contributed by atoms with Gasteiger partial charge in [-0.1, -0.05) is 38.1 Å². The van der Waals surface area contributed by atoms with E-state index in [1.807, 2.05) is 51.2 Å². The molecule has 2 aromatic carbocycles. The number of alkyl carbamates (subject to hydrolysis) is 1. The van der Waals surface area contributed by atoms with Gasteiger partial charge in [0.1, 0.15) is 35.6 Å². The van der Waals surface area contributed by atoms with Gasteiger partial charge in [-0.25, -0.2) is 9.78 Å². The van der Waals surface area contributed by atoms with Gasteiger partial charge in [0.25, 0.3) is 0 Å². The molecule has 43 heavy (non-hydrogen) atoms. The zero-order valence-corrected chi connectivity index (χ0v) is 25.8. The number of amides is 1. The smallest absolute Gasteiger partial charge is 0.407 e. The minimum absolute atomic E-state index is 0.0869. The molecular weight excluding hydrogens is 544 g/mol. The predicted molar refractivity (Wildman–Crippen MR) is 164 cm³/mol. The number of hydrogen-bond donors (Lipinski definition) is 1. The second kappa shape index (κ2) is 11.3. The Morgan fingerprint density at radius 1 is 0.953 bits per heavy atom. The third kappa shape index (κ3) is 6.72. The van der Waals surface area contributed by atoms with Crippen LogP contribution < -0.4 is 19.7 Å². The molecule has 3 heterocycles. The van der Waals surface area contributed by atoms with Gasteiger partial charge < -0.3 is 29.2 Å². The number of carbonyl (C=O) groups is 1. The van der Waals surface area contributed by atoms with Crippen LogP contribution in [0.4, 0.5) is 10.6 Å². The van der Waals surface area contributed by atoms with Crippen molar-refractivity contribution < 1.29 is 23.7 Å². The van der Waals surface area contributed by atoms with Crippen LogP contribution in [0.1, 0.15) is 64.3 Å². The predicted octanol–water partition coefficient (Wildman–Crippen LogP) is 5.65. The minimum atomic E-state index is -0.498. The lowest BCUT2D eigenvalue weighted by Gasteiger charge is -2.55. The van der Waals surface area contributed by atoms with Crippen molar-refractivity contribution in [2.75, 3.05) is 31.2 Å². The Kier molecular flexibility index (Phi) is 7.71. The van der Waals surface area contributed by atoms with E-state index in [9.17, 15) is 4.79 Å². The molecule has 3 aromatic rings. The lowest BCUT2D eigenvalue weighted by molar-refractivity contribution is -0.127. The maximum Gasteiger partial charge on any atom is 0.407 e. The normalized spacial score (nSPS) is 20.8. The van der Waals surface area contributed by atoms with Gasteiger partial charge in [0.05, 0.1) is 36.7 Å². The first-order valence-electron chi connectivity index (χ1n) is 15.1. The maximum absolute atomic E-state index is 12.0. The van der Waals surface area contributed by atoms with E-state index in [0.29, 0.717) is 12.0 Å². The van der Waals surface area contributed by atoms with Gasteiger partial charge in [-0.15, -0.1) is 0 Å². The lowest BCUT2D eigenvalue weighted by atomic mass is 9.78. The number of carbonyl (C=O) groups excluding carboxylic acids is 1. The zero-order chi connectivity index (χ0) is 30.2. The van der Waals surface area contributed by atoms with Crippen LogP contribution in [-0.4, -0.2) is 60.1 Å². The number of ether oxygens (including phenoxy) is 4. The molecule has 6 rings (SSSR count). The van der Waals surface area contributed by atoms with E-state index in [1.54, 1.807) is 6.20 Å². The van der Waals surface area contributed by atoms with Gasteiger partial charge in [-0.05, 0) is 56.2 Å². The highest BCUT2D eigenvalue weighted by molar-refractivity contribution is 5.68. The summed E-state index contributed by atoms with van der Waals surface area (Å²) >= 11 is 0. The Labute approximate surface area is 253 Å². The van der Waals surface area contributed by atoms with Gasteiger partial charge in [-0.2, -0.15) is 0 Å². The van der Waals surface area contributed by atoms with Crippen molar-refractivity contribution in [3.63, 3.8) is 0 Å². The highest BCUT2D eigenvalue weighted by atomic mass is 16.6. The first kappa shape index (κ1) is 29.2. The van der Waals surface area contributed by atoms with Gasteiger partial charge in [0.15, 0.2) is 0 Å². The van der Waals surface area contributed by atoms with Crippen LogP contribution in [-0.2, 0) is 21.5 Å². The van der Waals surface area contributed by atoms with Crippen LogP contribution >= 0.6 is 0 Å². The third-order valence-corrected chi connectivity index (χ3v) is 8.52. The largest absolute Gasteiger partial charge is 0.490 e. The van der Waals surface area contributed by atoms with Crippen LogP contribution in [0.5, 0.6) is 11.5 Å². The van der Waals surface area contributed by atoms with E-state index in [4.69, 9.17) is 23.9 Å². The summed E-state index contributed by atoms with van der Waals surface area (Å²) in [4.78, 5) is 23.4. The van der Waals surface area contributed by atoms with Crippen molar-refractivity contribution in [2.24, 2.45) is 5.41 Å². The van der Waals surface area contributed by atoms with Crippen molar-refractivity contribution in [3.8, 4) is 11.5 Å². The number of rotatable bonds is 9. The molecular formula is C34H42N4O5. The van der Waals surface area contributed by atoms with E-state index in [1.165, 1.54) is 11.1 Å². The fourth-order valence-corrected chi connectivity index (χ4v) is 5.80. The Morgan fingerprint density at radius 2 is 1.58 bits per heavy atom. The number of nitrogens with zero attached hydrogens (tertiary/aromatic N) is 3. The molecule has 0 atom stereocenters. The number of nitrogens with one attached hydrogen (secondary N) is 1. The Bertz CT molecular complexity index is 1420. The number of benzene rings is 2. The van der Waals surface area contributed by atoms with Crippen LogP contribution in [0.15, 0.2) is 60.9 Å². The topological polar surface area (TPSA) is 95.0 Å². The average molecular weight is 587 g/mol. The molecule has 228 valence electrons. The molecule has 3 aliphatic rings. The van der Waals surface area contributed by atoms with Crippen molar-refractivity contribution in [2.45, 2.75) is 77.2 Å². The molecule has 9 nitrogen and oxygen atoms in total. The number of hydrogen-bond acceptors (Lipinski definition) is 8. The first-order chi connectivity index (χ1) is 20.5. The molecule has 1 saturated carbocycles.